The molecule has 0 unspecified atom stereocenters. The lowest BCUT2D eigenvalue weighted by atomic mass is 9.80. The Balaban J connectivity index is 1.09. The van der Waals surface area contributed by atoms with Crippen LogP contribution in [0.5, 0.6) is 11.5 Å². The second-order valence-corrected chi connectivity index (χ2v) is 33.5. The third kappa shape index (κ3) is 11.2. The first-order valence-corrected chi connectivity index (χ1v) is 34.1. The van der Waals surface area contributed by atoms with Crippen LogP contribution in [0.25, 0.3) is 11.2 Å². The molecule has 5 heterocycles. The largest absolute Gasteiger partial charge is 0.497 e. The van der Waals surface area contributed by atoms with E-state index in [1.165, 1.54) is 23.6 Å². The molecule has 0 radical (unpaired) electrons. The highest BCUT2D eigenvalue weighted by Gasteiger charge is 2.56. The summed E-state index contributed by atoms with van der Waals surface area (Å²) in [7, 11) is -3.16. The van der Waals surface area contributed by atoms with E-state index < -0.39 is 55.1 Å². The predicted octanol–water partition coefficient (Wildman–Crippen LogP) is 11.6. The van der Waals surface area contributed by atoms with Crippen molar-refractivity contribution >= 4 is 58.2 Å². The molecule has 3 aliphatic rings. The van der Waals surface area contributed by atoms with Crippen molar-refractivity contribution in [2.45, 2.75) is 133 Å². The van der Waals surface area contributed by atoms with Crippen LogP contribution in [-0.4, -0.2) is 111 Å². The van der Waals surface area contributed by atoms with Crippen molar-refractivity contribution in [3.63, 3.8) is 0 Å². The SMILES string of the molecule is COc1ccc(C(OC[C@H]2O[C@@H](n3cnc4c(NC(C)=O)ncnc43)[C@H](OCO[Si](C(C)C)(C(C)C)C(C)C)[C@@H]2O[P@@]2O[C@H](C[Si](C)(c3ccccc3)c3ccccc3)[C@@H]3CCCN32)(c2ccccc2)c2ccc(OC)cc2)cc1. The van der Waals surface area contributed by atoms with Gasteiger partial charge in [0.25, 0.3) is 8.53 Å². The summed E-state index contributed by atoms with van der Waals surface area (Å²) < 4.78 is 60.5. The van der Waals surface area contributed by atoms with Crippen molar-refractivity contribution in [3.05, 3.63) is 169 Å². The molecule has 1 amide bonds. The quantitative estimate of drug-likeness (QED) is 0.0280. The third-order valence-electron chi connectivity index (χ3n) is 16.9. The van der Waals surface area contributed by atoms with Crippen LogP contribution < -0.4 is 25.2 Å². The summed E-state index contributed by atoms with van der Waals surface area (Å²) in [6.45, 7) is 18.4. The van der Waals surface area contributed by atoms with E-state index in [-0.39, 0.29) is 37.3 Å². The maximum atomic E-state index is 12.5. The number of nitrogens with one attached hydrogen (secondary N) is 1. The molecular weight excluding hydrogens is 1060 g/mol. The molecule has 0 saturated carbocycles. The summed E-state index contributed by atoms with van der Waals surface area (Å²) in [5.41, 5.74) is 3.23. The first-order valence-electron chi connectivity index (χ1n) is 28.1. The zero-order valence-corrected chi connectivity index (χ0v) is 50.6. The van der Waals surface area contributed by atoms with E-state index in [4.69, 9.17) is 47.1 Å². The van der Waals surface area contributed by atoms with E-state index in [0.29, 0.717) is 39.3 Å². The van der Waals surface area contributed by atoms with Crippen molar-refractivity contribution in [2.24, 2.45) is 0 Å². The zero-order valence-electron chi connectivity index (χ0n) is 47.7. The monoisotopic (exact) mass is 1140 g/mol. The molecule has 3 aliphatic heterocycles. The highest BCUT2D eigenvalue weighted by Crippen LogP contribution is 2.59. The Bertz CT molecular complexity index is 3030. The number of amides is 1. The number of rotatable bonds is 23. The molecule has 422 valence electrons. The molecule has 7 atom stereocenters. The second-order valence-electron chi connectivity index (χ2n) is 22.4. The van der Waals surface area contributed by atoms with Gasteiger partial charge in [0.1, 0.15) is 56.6 Å². The lowest BCUT2D eigenvalue weighted by Gasteiger charge is -2.42. The molecule has 18 heteroatoms. The van der Waals surface area contributed by atoms with Crippen LogP contribution in [0.3, 0.4) is 0 Å². The Kier molecular flexibility index (Phi) is 17.8. The van der Waals surface area contributed by atoms with Crippen LogP contribution in [-0.2, 0) is 38.1 Å². The topological polar surface area (TPSA) is 150 Å². The molecule has 5 aromatic carbocycles. The predicted molar refractivity (Wildman–Crippen MR) is 319 cm³/mol. The summed E-state index contributed by atoms with van der Waals surface area (Å²) in [5.74, 6) is 1.44. The van der Waals surface area contributed by atoms with Crippen molar-refractivity contribution in [3.8, 4) is 11.5 Å². The van der Waals surface area contributed by atoms with Gasteiger partial charge in [0.2, 0.25) is 14.2 Å². The molecule has 7 aromatic rings. The Morgan fingerprint density at radius 1 is 0.738 bits per heavy atom. The lowest BCUT2D eigenvalue weighted by Crippen LogP contribution is -2.58. The van der Waals surface area contributed by atoms with E-state index in [2.05, 4.69) is 160 Å². The highest BCUT2D eigenvalue weighted by atomic mass is 31.2. The summed E-state index contributed by atoms with van der Waals surface area (Å²) in [4.78, 5) is 26.5. The van der Waals surface area contributed by atoms with Gasteiger partial charge in [0.15, 0.2) is 23.2 Å². The fourth-order valence-electron chi connectivity index (χ4n) is 13.0. The number of nitrogens with zero attached hydrogens (tertiary/aromatic N) is 5. The zero-order chi connectivity index (χ0) is 56.2. The van der Waals surface area contributed by atoms with Crippen molar-refractivity contribution < 1.29 is 42.0 Å². The van der Waals surface area contributed by atoms with Gasteiger partial charge in [-0.3, -0.25) is 9.36 Å². The number of carbonyl (C=O) groups excluding carboxylic acids is 1. The number of fused-ring (bicyclic) bond motifs is 2. The third-order valence-corrected chi connectivity index (χ3v) is 29.2. The van der Waals surface area contributed by atoms with Gasteiger partial charge in [0, 0.05) is 19.5 Å². The number of anilines is 1. The molecule has 10 rings (SSSR count). The summed E-state index contributed by atoms with van der Waals surface area (Å²) in [6, 6.07) is 49.3. The molecule has 15 nitrogen and oxygen atoms in total. The minimum absolute atomic E-state index is 0.00498. The van der Waals surface area contributed by atoms with Crippen LogP contribution in [0.1, 0.15) is 84.2 Å². The van der Waals surface area contributed by atoms with Gasteiger partial charge in [-0.2, -0.15) is 0 Å². The van der Waals surface area contributed by atoms with Gasteiger partial charge in [-0.1, -0.05) is 174 Å². The van der Waals surface area contributed by atoms with Crippen molar-refractivity contribution in [2.75, 3.05) is 39.5 Å². The minimum Gasteiger partial charge on any atom is -0.497 e. The number of methoxy groups -OCH3 is 2. The Hall–Kier alpha value is -5.70. The molecule has 2 aromatic heterocycles. The molecule has 3 saturated heterocycles. The standard InChI is InChI=1S/C62H77N6O9PSi2/c1-42(2)80(43(3)4,44(5)6)74-41-72-58-57(77-78-68-36-20-27-53(68)55(76-78)38-79(10,51-23-16-12-17-24-51)52-25-18-13-19-26-52)54(75-61(58)67-40-65-56-59(66-45(7)69)63-39-64-60(56)67)37-73-62(46-21-14-11-15-22-46,47-28-32-49(70-8)33-29-47)48-30-34-50(71-9)35-31-48/h11-19,21-26,28-35,39-40,42-44,53-55,57-58,61H,20,27,36-38,41H2,1-10H3,(H,63,64,66,69)/t53-,54+,55+,57+,58+,61+,78+/m0/s1. The number of benzene rings is 5. The lowest BCUT2D eigenvalue weighted by molar-refractivity contribution is -0.114. The molecule has 3 fully saturated rings. The van der Waals surface area contributed by atoms with Crippen LogP contribution in [0, 0.1) is 0 Å². The van der Waals surface area contributed by atoms with Crippen molar-refractivity contribution in [1.29, 1.82) is 0 Å². The number of imidazole rings is 1. The number of aromatic nitrogens is 4. The summed E-state index contributed by atoms with van der Waals surface area (Å²) in [5, 5.41) is 5.58. The highest BCUT2D eigenvalue weighted by molar-refractivity contribution is 7.45. The number of hydrogen-bond donors (Lipinski definition) is 1. The smallest absolute Gasteiger partial charge is 0.259 e. The van der Waals surface area contributed by atoms with Gasteiger partial charge in [-0.05, 0) is 76.5 Å². The Morgan fingerprint density at radius 3 is 1.85 bits per heavy atom. The first kappa shape index (κ1) is 57.5. The Morgan fingerprint density at radius 2 is 1.30 bits per heavy atom. The second kappa shape index (κ2) is 24.8. The molecule has 1 N–H and O–H groups in total. The van der Waals surface area contributed by atoms with Crippen LogP contribution >= 0.6 is 8.53 Å². The normalized spacial score (nSPS) is 21.7. The van der Waals surface area contributed by atoms with Gasteiger partial charge in [0.05, 0.1) is 33.3 Å². The molecule has 80 heavy (non-hydrogen) atoms. The summed E-state index contributed by atoms with van der Waals surface area (Å²) >= 11 is 0. The summed E-state index contributed by atoms with van der Waals surface area (Å²) in [6.07, 6.45) is 1.77. The maximum absolute atomic E-state index is 12.5. The van der Waals surface area contributed by atoms with Gasteiger partial charge in [-0.25, -0.2) is 19.6 Å². The van der Waals surface area contributed by atoms with Gasteiger partial charge >= 0.3 is 0 Å². The molecule has 0 bridgehead atoms. The molecule has 0 spiro atoms. The van der Waals surface area contributed by atoms with Crippen LogP contribution in [0.2, 0.25) is 29.2 Å². The number of hydrogen-bond acceptors (Lipinski definition) is 13. The van der Waals surface area contributed by atoms with Crippen LogP contribution in [0.4, 0.5) is 5.82 Å². The van der Waals surface area contributed by atoms with Crippen LogP contribution in [0.15, 0.2) is 152 Å². The van der Waals surface area contributed by atoms with E-state index >= 15 is 0 Å². The average molecular weight is 1140 g/mol. The van der Waals surface area contributed by atoms with Gasteiger partial charge < -0.3 is 42.5 Å². The first-order chi connectivity index (χ1) is 38.7. The molecular formula is C62H77N6O9PSi2. The van der Waals surface area contributed by atoms with E-state index in [1.807, 2.05) is 47.0 Å². The minimum atomic E-state index is -2.46. The van der Waals surface area contributed by atoms with E-state index in [1.54, 1.807) is 20.5 Å². The van der Waals surface area contributed by atoms with Crippen molar-refractivity contribution in [1.82, 2.24) is 24.2 Å². The van der Waals surface area contributed by atoms with Gasteiger partial charge in [-0.15, -0.1) is 0 Å². The number of carbonyl (C=O) groups is 1. The Labute approximate surface area is 474 Å². The maximum Gasteiger partial charge on any atom is 0.259 e. The number of ether oxygens (including phenoxy) is 5. The van der Waals surface area contributed by atoms with E-state index in [9.17, 15) is 4.79 Å². The average Bonchev–Trinajstić information content (AvgIpc) is 4.20. The molecule has 0 aliphatic carbocycles. The fraction of sp³-hybridized carbons (Fsp3) is 0.419. The van der Waals surface area contributed by atoms with E-state index in [0.717, 1.165) is 42.1 Å². The fourth-order valence-corrected chi connectivity index (χ4v) is 24.3.